The summed E-state index contributed by atoms with van der Waals surface area (Å²) in [6, 6.07) is 14.8. The van der Waals surface area contributed by atoms with Gasteiger partial charge in [-0.2, -0.15) is 0 Å². The Kier molecular flexibility index (Phi) is 8.55. The van der Waals surface area contributed by atoms with Crippen LogP contribution in [0.5, 0.6) is 0 Å². The number of benzene rings is 2. The van der Waals surface area contributed by atoms with Gasteiger partial charge >= 0.3 is 0 Å². The van der Waals surface area contributed by atoms with Crippen molar-refractivity contribution in [3.05, 3.63) is 77.1 Å². The molecule has 1 heterocycles. The lowest BCUT2D eigenvalue weighted by atomic mass is 10.2. The quantitative estimate of drug-likeness (QED) is 0.348. The number of imidazole rings is 1. The van der Waals surface area contributed by atoms with Gasteiger partial charge in [-0.15, -0.1) is 0 Å². The minimum atomic E-state index is -0.0985. The van der Waals surface area contributed by atoms with Crippen LogP contribution < -0.4 is 10.6 Å². The lowest BCUT2D eigenvalue weighted by Crippen LogP contribution is -2.24. The van der Waals surface area contributed by atoms with E-state index in [-0.39, 0.29) is 17.6 Å². The molecule has 162 valence electrons. The summed E-state index contributed by atoms with van der Waals surface area (Å²) in [7, 11) is 0. The van der Waals surface area contributed by atoms with E-state index in [2.05, 4.69) is 22.5 Å². The van der Waals surface area contributed by atoms with Crippen LogP contribution in [0.4, 0.5) is 0 Å². The highest BCUT2D eigenvalue weighted by atomic mass is 35.5. The van der Waals surface area contributed by atoms with Crippen LogP contribution in [0.15, 0.2) is 66.1 Å². The van der Waals surface area contributed by atoms with Crippen molar-refractivity contribution in [1.82, 2.24) is 20.2 Å². The fourth-order valence-corrected chi connectivity index (χ4v) is 3.87. The lowest BCUT2D eigenvalue weighted by Gasteiger charge is -2.10. The van der Waals surface area contributed by atoms with E-state index in [4.69, 9.17) is 11.6 Å². The average Bonchev–Trinajstić information content (AvgIpc) is 3.26. The maximum Gasteiger partial charge on any atom is 0.251 e. The number of unbranched alkanes of at least 4 members (excludes halogenated alkanes) is 1. The third-order valence-electron chi connectivity index (χ3n) is 4.60. The molecular formula is C23H25ClN4O2S. The second-order valence-electron chi connectivity index (χ2n) is 6.89. The standard InChI is InChI=1S/C23H25ClN4O2S/c1-2-3-12-25-22(30)17-8-10-19(11-9-17)28-14-13-26-23(28)31-16-21(29)27-15-18-6-4-5-7-20(18)24/h4-11,13-14H,2-3,12,15-16H2,1H3,(H,25,30)(H,27,29). The smallest absolute Gasteiger partial charge is 0.251 e. The Balaban J connectivity index is 1.55. The lowest BCUT2D eigenvalue weighted by molar-refractivity contribution is -0.118. The molecule has 0 aliphatic heterocycles. The molecule has 0 saturated carbocycles. The average molecular weight is 457 g/mol. The number of nitrogens with one attached hydrogen (secondary N) is 2. The van der Waals surface area contributed by atoms with Crippen molar-refractivity contribution in [3.8, 4) is 5.69 Å². The molecule has 3 rings (SSSR count). The van der Waals surface area contributed by atoms with Crippen LogP contribution in [0.25, 0.3) is 5.69 Å². The monoisotopic (exact) mass is 456 g/mol. The van der Waals surface area contributed by atoms with Crippen molar-refractivity contribution in [1.29, 1.82) is 0 Å². The van der Waals surface area contributed by atoms with Crippen LogP contribution in [0.1, 0.15) is 35.7 Å². The topological polar surface area (TPSA) is 76.0 Å². The minimum Gasteiger partial charge on any atom is -0.352 e. The zero-order chi connectivity index (χ0) is 22.1. The highest BCUT2D eigenvalue weighted by molar-refractivity contribution is 7.99. The molecule has 2 N–H and O–H groups in total. The predicted molar refractivity (Wildman–Crippen MR) is 125 cm³/mol. The molecule has 2 amide bonds. The van der Waals surface area contributed by atoms with Gasteiger partial charge in [0.05, 0.1) is 5.75 Å². The molecule has 0 saturated heterocycles. The molecule has 0 fully saturated rings. The van der Waals surface area contributed by atoms with Gasteiger partial charge in [-0.25, -0.2) is 4.98 Å². The maximum atomic E-state index is 12.2. The summed E-state index contributed by atoms with van der Waals surface area (Å²) in [5.41, 5.74) is 2.37. The minimum absolute atomic E-state index is 0.0737. The third-order valence-corrected chi connectivity index (χ3v) is 5.93. The SMILES string of the molecule is CCCCNC(=O)c1ccc(-n2ccnc2SCC(=O)NCc2ccccc2Cl)cc1. The highest BCUT2D eigenvalue weighted by Crippen LogP contribution is 2.21. The summed E-state index contributed by atoms with van der Waals surface area (Å²) >= 11 is 7.47. The van der Waals surface area contributed by atoms with E-state index < -0.39 is 0 Å². The molecule has 0 aliphatic carbocycles. The number of amides is 2. The first-order valence-electron chi connectivity index (χ1n) is 10.1. The van der Waals surface area contributed by atoms with Crippen LogP contribution in [0, 0.1) is 0 Å². The first kappa shape index (κ1) is 22.9. The van der Waals surface area contributed by atoms with E-state index in [1.165, 1.54) is 11.8 Å². The molecule has 0 bridgehead atoms. The highest BCUT2D eigenvalue weighted by Gasteiger charge is 2.11. The zero-order valence-corrected chi connectivity index (χ0v) is 18.9. The van der Waals surface area contributed by atoms with Crippen molar-refractivity contribution >= 4 is 35.2 Å². The molecule has 31 heavy (non-hydrogen) atoms. The van der Waals surface area contributed by atoms with Gasteiger partial charge in [-0.1, -0.05) is 54.9 Å². The van der Waals surface area contributed by atoms with E-state index in [0.29, 0.717) is 28.8 Å². The summed E-state index contributed by atoms with van der Waals surface area (Å²) in [4.78, 5) is 28.8. The summed E-state index contributed by atoms with van der Waals surface area (Å²) in [6.07, 6.45) is 5.53. The maximum absolute atomic E-state index is 12.2. The number of hydrogen-bond donors (Lipinski definition) is 2. The molecular weight excluding hydrogens is 432 g/mol. The van der Waals surface area contributed by atoms with E-state index in [0.717, 1.165) is 24.1 Å². The van der Waals surface area contributed by atoms with Crippen LogP contribution in [-0.2, 0) is 11.3 Å². The molecule has 0 radical (unpaired) electrons. The van der Waals surface area contributed by atoms with Crippen LogP contribution in [0.3, 0.4) is 0 Å². The van der Waals surface area contributed by atoms with Crippen molar-refractivity contribution in [2.24, 2.45) is 0 Å². The first-order chi connectivity index (χ1) is 15.1. The predicted octanol–water partition coefficient (Wildman–Crippen LogP) is 4.46. The Morgan fingerprint density at radius 2 is 1.87 bits per heavy atom. The Bertz CT molecular complexity index is 1020. The van der Waals surface area contributed by atoms with Crippen LogP contribution in [-0.4, -0.2) is 33.7 Å². The van der Waals surface area contributed by atoms with Gasteiger partial charge in [-0.3, -0.25) is 14.2 Å². The molecule has 8 heteroatoms. The normalized spacial score (nSPS) is 10.6. The number of rotatable bonds is 10. The van der Waals surface area contributed by atoms with Gasteiger partial charge in [0.2, 0.25) is 5.91 Å². The number of halogens is 1. The largest absolute Gasteiger partial charge is 0.352 e. The number of hydrogen-bond acceptors (Lipinski definition) is 4. The number of carbonyl (C=O) groups is 2. The van der Waals surface area contributed by atoms with Crippen molar-refractivity contribution in [2.45, 2.75) is 31.5 Å². The fourth-order valence-electron chi connectivity index (χ4n) is 2.86. The van der Waals surface area contributed by atoms with Crippen molar-refractivity contribution in [3.63, 3.8) is 0 Å². The summed E-state index contributed by atoms with van der Waals surface area (Å²) in [5.74, 6) is 0.0633. The summed E-state index contributed by atoms with van der Waals surface area (Å²) in [5, 5.41) is 7.12. The second kappa shape index (κ2) is 11.6. The van der Waals surface area contributed by atoms with Crippen LogP contribution >= 0.6 is 23.4 Å². The van der Waals surface area contributed by atoms with E-state index in [1.807, 2.05) is 41.1 Å². The summed E-state index contributed by atoms with van der Waals surface area (Å²) < 4.78 is 1.89. The third kappa shape index (κ3) is 6.60. The second-order valence-corrected chi connectivity index (χ2v) is 8.24. The van der Waals surface area contributed by atoms with Gasteiger partial charge in [-0.05, 0) is 42.3 Å². The van der Waals surface area contributed by atoms with E-state index in [1.54, 1.807) is 24.4 Å². The zero-order valence-electron chi connectivity index (χ0n) is 17.3. The number of aromatic nitrogens is 2. The number of carbonyl (C=O) groups excluding carboxylic acids is 2. The number of thioether (sulfide) groups is 1. The number of nitrogens with zero attached hydrogens (tertiary/aromatic N) is 2. The Hall–Kier alpha value is -2.77. The van der Waals surface area contributed by atoms with Gasteiger partial charge in [0, 0.05) is 41.8 Å². The first-order valence-corrected chi connectivity index (χ1v) is 11.5. The van der Waals surface area contributed by atoms with Crippen LogP contribution in [0.2, 0.25) is 5.02 Å². The van der Waals surface area contributed by atoms with E-state index in [9.17, 15) is 9.59 Å². The van der Waals surface area contributed by atoms with Crippen molar-refractivity contribution < 1.29 is 9.59 Å². The Morgan fingerprint density at radius 3 is 2.61 bits per heavy atom. The molecule has 0 atom stereocenters. The molecule has 0 spiro atoms. The molecule has 0 unspecified atom stereocenters. The van der Waals surface area contributed by atoms with Gasteiger partial charge in [0.1, 0.15) is 0 Å². The fraction of sp³-hybridized carbons (Fsp3) is 0.261. The Morgan fingerprint density at radius 1 is 1.10 bits per heavy atom. The molecule has 0 aliphatic rings. The van der Waals surface area contributed by atoms with Gasteiger partial charge in [0.25, 0.3) is 5.91 Å². The van der Waals surface area contributed by atoms with E-state index >= 15 is 0 Å². The molecule has 1 aromatic heterocycles. The van der Waals surface area contributed by atoms with Gasteiger partial charge in [0.15, 0.2) is 5.16 Å². The van der Waals surface area contributed by atoms with Gasteiger partial charge < -0.3 is 10.6 Å². The molecule has 6 nitrogen and oxygen atoms in total. The summed E-state index contributed by atoms with van der Waals surface area (Å²) in [6.45, 7) is 3.15. The molecule has 3 aromatic rings. The Labute approximate surface area is 191 Å². The molecule has 2 aromatic carbocycles. The van der Waals surface area contributed by atoms with Crippen molar-refractivity contribution in [2.75, 3.05) is 12.3 Å².